The van der Waals surface area contributed by atoms with E-state index >= 15 is 0 Å². The summed E-state index contributed by atoms with van der Waals surface area (Å²) in [5, 5.41) is 0. The molecular weight excluding hydrogens is 1740 g/mol. The fourth-order valence-corrected chi connectivity index (χ4v) is 42.4. The quantitative estimate of drug-likeness (QED) is 0.0191. The maximum atomic E-state index is 10.0. The molecule has 0 radical (unpaired) electrons. The number of unbranched alkanes of at least 4 members (excludes halogenated alkanes) is 72. The zero-order valence-corrected chi connectivity index (χ0v) is 89.4. The molecule has 0 heterocycles. The Kier molecular flexibility index (Phi) is 115. The van der Waals surface area contributed by atoms with Gasteiger partial charge in [0, 0.05) is 14.5 Å². The van der Waals surface area contributed by atoms with E-state index in [1.165, 1.54) is 482 Å². The van der Waals surface area contributed by atoms with Gasteiger partial charge in [-0.3, -0.25) is 0 Å². The fourth-order valence-electron chi connectivity index (χ4n) is 16.9. The van der Waals surface area contributed by atoms with Crippen molar-refractivity contribution in [2.75, 3.05) is 49.3 Å². The van der Waals surface area contributed by atoms with Crippen molar-refractivity contribution >= 4 is 117 Å². The van der Waals surface area contributed by atoms with E-state index in [0.717, 1.165) is 41.8 Å². The van der Waals surface area contributed by atoms with Crippen LogP contribution in [0.25, 0.3) is 0 Å². The van der Waals surface area contributed by atoms with Crippen LogP contribution in [-0.4, -0.2) is 90.4 Å². The maximum absolute atomic E-state index is 10.0. The van der Waals surface area contributed by atoms with Crippen LogP contribution in [0.1, 0.15) is 569 Å². The Bertz CT molecular complexity index is 1420. The predicted molar refractivity (Wildman–Crippen MR) is 528 cm³/mol. The van der Waals surface area contributed by atoms with Gasteiger partial charge >= 0.3 is 121 Å². The Morgan fingerprint density at radius 1 is 0.170 bits per heavy atom. The van der Waals surface area contributed by atoms with Gasteiger partial charge < -0.3 is 0 Å². The average Bonchev–Trinajstić information content (AvgIpc) is 0.877. The summed E-state index contributed by atoms with van der Waals surface area (Å²) in [5.74, 6) is 0. The van der Waals surface area contributed by atoms with Crippen molar-refractivity contribution in [1.29, 1.82) is 0 Å². The summed E-state index contributed by atoms with van der Waals surface area (Å²) in [6.45, 7) is 18.7. The molecule has 674 valence electrons. The van der Waals surface area contributed by atoms with Crippen molar-refractivity contribution in [1.82, 2.24) is 0 Å². The predicted octanol–water partition coefficient (Wildman–Crippen LogP) is 37.8. The molecule has 0 atom stereocenters. The van der Waals surface area contributed by atoms with Gasteiger partial charge in [-0.15, -0.1) is 0 Å². The first-order valence-corrected chi connectivity index (χ1v) is 70.0. The van der Waals surface area contributed by atoms with Crippen LogP contribution in [0.15, 0.2) is 0 Å². The SMILES string of the molecule is CCCCCCCCCCCC[P+](CCCCCCCCCCCC)(CCCCCCCCCCCC)CCCCCCCCCCCC.CCCCCCCCCCCC[P+](CCCCCCCCCCCC)(CCCCCCCCCCCC)CCCCCCCCCCCC.[O]=[Sn]([O-])[O]SSSSSS[O][Sn](=[O])[O-]. The normalized spacial score (nSPS) is 11.8. The van der Waals surface area contributed by atoms with Gasteiger partial charge in [-0.05, 0) is 103 Å². The topological polar surface area (TPSA) is 98.7 Å². The second-order valence-electron chi connectivity index (χ2n) is 35.0. The zero-order chi connectivity index (χ0) is 82.0. The molecule has 0 amide bonds. The first-order chi connectivity index (χ1) is 55.1. The number of rotatable bonds is 97. The standard InChI is InChI=1S/2C48H100P.H2O2S6.4O.2Sn/c2*1-5-9-13-17-21-25-29-33-37-41-45-49(46-42-38-34-30-26-22-18-14-10-6-2,47-43-39-35-31-27-23-19-15-11-7-3)48-44-40-36-32-28-24-20-16-12-8-4;1-3-5-7-8-6-4-2;;;;;;/h2*5-48H2,1-4H3;1-2H;;;;;;/q2*+1;;;;2*-1;2*+1/p-2. The van der Waals surface area contributed by atoms with Gasteiger partial charge in [-0.1, -0.05) is 466 Å². The molecule has 0 aromatic carbocycles. The van der Waals surface area contributed by atoms with Crippen molar-refractivity contribution < 1.29 is 18.1 Å². The van der Waals surface area contributed by atoms with Crippen LogP contribution in [-0.2, 0) is 11.2 Å². The summed E-state index contributed by atoms with van der Waals surface area (Å²) in [5.41, 5.74) is 0. The summed E-state index contributed by atoms with van der Waals surface area (Å²) < 4.78 is 48.6. The Morgan fingerprint density at radius 2 is 0.268 bits per heavy atom. The van der Waals surface area contributed by atoms with Crippen LogP contribution in [0, 0.1) is 0 Å². The molecule has 0 bridgehead atoms. The molecule has 0 aliphatic carbocycles. The molecular formula is C96H200O6P2S6Sn2. The van der Waals surface area contributed by atoms with Crippen LogP contribution in [0.5, 0.6) is 0 Å². The minimum atomic E-state index is -3.92. The molecule has 0 fully saturated rings. The first-order valence-electron chi connectivity index (χ1n) is 50.6. The van der Waals surface area contributed by atoms with E-state index in [-0.39, 0.29) is 0 Å². The molecule has 0 saturated carbocycles. The van der Waals surface area contributed by atoms with Crippen LogP contribution in [0.4, 0.5) is 0 Å². The molecule has 0 spiro atoms. The second kappa shape index (κ2) is 107. The van der Waals surface area contributed by atoms with Gasteiger partial charge in [0.15, 0.2) is 0 Å². The van der Waals surface area contributed by atoms with Crippen molar-refractivity contribution in [2.45, 2.75) is 569 Å². The van der Waals surface area contributed by atoms with Crippen molar-refractivity contribution in [3.8, 4) is 0 Å². The van der Waals surface area contributed by atoms with E-state index in [9.17, 15) is 13.0 Å². The molecule has 0 rings (SSSR count). The van der Waals surface area contributed by atoms with E-state index in [4.69, 9.17) is 0 Å². The third-order valence-corrected chi connectivity index (χ3v) is 49.1. The van der Waals surface area contributed by atoms with E-state index in [0.29, 0.717) is 0 Å². The van der Waals surface area contributed by atoms with Crippen LogP contribution < -0.4 is 6.89 Å². The van der Waals surface area contributed by atoms with Crippen molar-refractivity contribution in [3.05, 3.63) is 0 Å². The molecule has 0 aliphatic rings. The third-order valence-electron chi connectivity index (χ3n) is 24.2. The minimum absolute atomic E-state index is 0.772. The van der Waals surface area contributed by atoms with Gasteiger partial charge in [0.1, 0.15) is 0 Å². The summed E-state index contributed by atoms with van der Waals surface area (Å²) in [4.78, 5) is 0. The van der Waals surface area contributed by atoms with Gasteiger partial charge in [0.2, 0.25) is 0 Å². The first kappa shape index (κ1) is 120. The molecule has 0 aromatic heterocycles. The summed E-state index contributed by atoms with van der Waals surface area (Å²) in [6, 6.07) is 0. The summed E-state index contributed by atoms with van der Waals surface area (Å²) in [6.07, 6.45) is 132. The molecule has 0 N–H and O–H groups in total. The molecule has 16 heteroatoms. The van der Waals surface area contributed by atoms with E-state index in [2.05, 4.69) is 60.4 Å². The molecule has 6 nitrogen and oxygen atoms in total. The van der Waals surface area contributed by atoms with Gasteiger partial charge in [-0.2, -0.15) is 0 Å². The molecule has 0 aliphatic heterocycles. The average molecular weight is 1940 g/mol. The summed E-state index contributed by atoms with van der Waals surface area (Å²) in [7, 11) is 3.19. The Labute approximate surface area is 746 Å². The number of hydrogen-bond donors (Lipinski definition) is 0. The van der Waals surface area contributed by atoms with Gasteiger partial charge in [0.05, 0.1) is 49.3 Å². The van der Waals surface area contributed by atoms with Crippen LogP contribution in [0.3, 0.4) is 0 Å². The van der Waals surface area contributed by atoms with Gasteiger partial charge in [0.25, 0.3) is 0 Å². The van der Waals surface area contributed by atoms with Crippen LogP contribution >= 0.6 is 76.0 Å². The van der Waals surface area contributed by atoms with E-state index < -0.39 is 55.7 Å². The Morgan fingerprint density at radius 3 is 0.366 bits per heavy atom. The Hall–Kier alpha value is 4.00. The fraction of sp³-hybridized carbons (Fsp3) is 1.00. The molecule has 0 saturated heterocycles. The molecule has 112 heavy (non-hydrogen) atoms. The second-order valence-corrected chi connectivity index (χ2v) is 58.2. The number of hydrogen-bond acceptors (Lipinski definition) is 12. The van der Waals surface area contributed by atoms with E-state index in [1.54, 1.807) is 101 Å². The van der Waals surface area contributed by atoms with Gasteiger partial charge in [-0.25, -0.2) is 0 Å². The zero-order valence-electron chi connectivity index (χ0n) is 77.0. The summed E-state index contributed by atoms with van der Waals surface area (Å²) >= 11 is -6.29. The monoisotopic (exact) mass is 1940 g/mol. The third kappa shape index (κ3) is 103. The molecule has 0 aromatic rings. The van der Waals surface area contributed by atoms with E-state index in [1.807, 2.05) is 0 Å². The van der Waals surface area contributed by atoms with Crippen molar-refractivity contribution in [3.63, 3.8) is 0 Å². The molecule has 0 unspecified atom stereocenters. The van der Waals surface area contributed by atoms with Crippen molar-refractivity contribution in [2.24, 2.45) is 0 Å². The Balaban J connectivity index is -0.00000181. The van der Waals surface area contributed by atoms with Crippen LogP contribution in [0.2, 0.25) is 0 Å².